The molecule has 1 fully saturated rings. The summed E-state index contributed by atoms with van der Waals surface area (Å²) in [5, 5.41) is 6.26. The molecule has 124 valence electrons. The van der Waals surface area contributed by atoms with E-state index in [1.807, 2.05) is 11.8 Å². The normalized spacial score (nSPS) is 19.6. The minimum atomic E-state index is -0.0432. The van der Waals surface area contributed by atoms with Crippen LogP contribution in [0, 0.1) is 5.92 Å². The second-order valence-corrected chi connectivity index (χ2v) is 5.63. The van der Waals surface area contributed by atoms with Gasteiger partial charge in [-0.2, -0.15) is 0 Å². The summed E-state index contributed by atoms with van der Waals surface area (Å²) in [5.74, 6) is 0.230. The molecule has 0 aromatic heterocycles. The Morgan fingerprint density at radius 3 is 2.67 bits per heavy atom. The molecule has 2 atom stereocenters. The molecule has 1 saturated heterocycles. The molecule has 0 aromatic carbocycles. The third-order valence-electron chi connectivity index (χ3n) is 3.74. The number of rotatable bonds is 7. The van der Waals surface area contributed by atoms with Crippen LogP contribution in [0.5, 0.6) is 0 Å². The standard InChI is InChI=1S/C15H29N3O2.ClH/c1-4-7-14(19)18-9-6-8-13(11-18)15(20)17-10-12(3)16-5-2;/h12-13,16H,4-11H2,1-3H3,(H,17,20);1H/t12-,13?;/m1./s1. The van der Waals surface area contributed by atoms with Crippen molar-refractivity contribution in [2.75, 3.05) is 26.2 Å². The third-order valence-corrected chi connectivity index (χ3v) is 3.74. The highest BCUT2D eigenvalue weighted by Crippen LogP contribution is 2.17. The summed E-state index contributed by atoms with van der Waals surface area (Å²) >= 11 is 0. The maximum atomic E-state index is 12.2. The van der Waals surface area contributed by atoms with E-state index in [0.29, 0.717) is 19.5 Å². The molecule has 2 amide bonds. The second kappa shape index (κ2) is 10.9. The Morgan fingerprint density at radius 2 is 2.05 bits per heavy atom. The Kier molecular flexibility index (Phi) is 10.4. The average Bonchev–Trinajstić information content (AvgIpc) is 2.45. The topological polar surface area (TPSA) is 61.4 Å². The van der Waals surface area contributed by atoms with Crippen molar-refractivity contribution in [1.82, 2.24) is 15.5 Å². The Labute approximate surface area is 134 Å². The van der Waals surface area contributed by atoms with E-state index < -0.39 is 0 Å². The predicted molar refractivity (Wildman–Crippen MR) is 87.6 cm³/mol. The number of nitrogens with one attached hydrogen (secondary N) is 2. The lowest BCUT2D eigenvalue weighted by atomic mass is 9.96. The molecule has 0 spiro atoms. The Hall–Kier alpha value is -0.810. The van der Waals surface area contributed by atoms with Crippen molar-refractivity contribution in [2.45, 2.75) is 52.5 Å². The number of hydrogen-bond acceptors (Lipinski definition) is 3. The molecule has 1 rings (SSSR count). The fraction of sp³-hybridized carbons (Fsp3) is 0.867. The lowest BCUT2D eigenvalue weighted by Crippen LogP contribution is -2.47. The zero-order valence-corrected chi connectivity index (χ0v) is 14.3. The van der Waals surface area contributed by atoms with Gasteiger partial charge in [-0.15, -0.1) is 12.4 Å². The summed E-state index contributed by atoms with van der Waals surface area (Å²) in [6.45, 7) is 9.05. The fourth-order valence-electron chi connectivity index (χ4n) is 2.61. The summed E-state index contributed by atoms with van der Waals surface area (Å²) in [7, 11) is 0. The lowest BCUT2D eigenvalue weighted by Gasteiger charge is -2.32. The molecular formula is C15H30ClN3O2. The molecular weight excluding hydrogens is 290 g/mol. The van der Waals surface area contributed by atoms with Gasteiger partial charge in [0.15, 0.2) is 0 Å². The maximum absolute atomic E-state index is 12.2. The molecule has 0 aliphatic carbocycles. The average molecular weight is 320 g/mol. The smallest absolute Gasteiger partial charge is 0.224 e. The minimum absolute atomic E-state index is 0. The van der Waals surface area contributed by atoms with Gasteiger partial charge in [0.1, 0.15) is 0 Å². The van der Waals surface area contributed by atoms with Gasteiger partial charge in [0, 0.05) is 32.1 Å². The highest BCUT2D eigenvalue weighted by molar-refractivity contribution is 5.85. The largest absolute Gasteiger partial charge is 0.354 e. The molecule has 1 heterocycles. The molecule has 1 aliphatic rings. The van der Waals surface area contributed by atoms with Gasteiger partial charge in [0.05, 0.1) is 5.92 Å². The lowest BCUT2D eigenvalue weighted by molar-refractivity contribution is -0.135. The second-order valence-electron chi connectivity index (χ2n) is 5.63. The zero-order chi connectivity index (χ0) is 15.0. The van der Waals surface area contributed by atoms with E-state index in [9.17, 15) is 9.59 Å². The van der Waals surface area contributed by atoms with Crippen LogP contribution >= 0.6 is 12.4 Å². The van der Waals surface area contributed by atoms with E-state index in [1.54, 1.807) is 0 Å². The Bertz CT molecular complexity index is 326. The van der Waals surface area contributed by atoms with Crippen LogP contribution in [0.1, 0.15) is 46.5 Å². The summed E-state index contributed by atoms with van der Waals surface area (Å²) in [4.78, 5) is 25.9. The van der Waals surface area contributed by atoms with Gasteiger partial charge in [0.2, 0.25) is 11.8 Å². The Morgan fingerprint density at radius 1 is 1.33 bits per heavy atom. The van der Waals surface area contributed by atoms with E-state index in [0.717, 1.165) is 32.4 Å². The van der Waals surface area contributed by atoms with Crippen molar-refractivity contribution < 1.29 is 9.59 Å². The molecule has 2 N–H and O–H groups in total. The van der Waals surface area contributed by atoms with Crippen molar-refractivity contribution >= 4 is 24.2 Å². The minimum Gasteiger partial charge on any atom is -0.354 e. The van der Waals surface area contributed by atoms with Crippen LogP contribution in [-0.2, 0) is 9.59 Å². The molecule has 0 saturated carbocycles. The van der Waals surface area contributed by atoms with Crippen molar-refractivity contribution in [3.8, 4) is 0 Å². The van der Waals surface area contributed by atoms with Crippen LogP contribution in [0.25, 0.3) is 0 Å². The molecule has 1 unspecified atom stereocenters. The molecule has 6 heteroatoms. The highest BCUT2D eigenvalue weighted by Gasteiger charge is 2.27. The predicted octanol–water partition coefficient (Wildman–Crippen LogP) is 1.56. The molecule has 0 aromatic rings. The van der Waals surface area contributed by atoms with Gasteiger partial charge in [-0.05, 0) is 32.7 Å². The van der Waals surface area contributed by atoms with Crippen LogP contribution in [0.4, 0.5) is 0 Å². The number of hydrogen-bond donors (Lipinski definition) is 2. The van der Waals surface area contributed by atoms with Gasteiger partial charge in [0.25, 0.3) is 0 Å². The van der Waals surface area contributed by atoms with Gasteiger partial charge in [-0.1, -0.05) is 13.8 Å². The van der Waals surface area contributed by atoms with E-state index in [4.69, 9.17) is 0 Å². The van der Waals surface area contributed by atoms with Crippen molar-refractivity contribution in [3.05, 3.63) is 0 Å². The number of amides is 2. The van der Waals surface area contributed by atoms with Gasteiger partial charge >= 0.3 is 0 Å². The van der Waals surface area contributed by atoms with Crippen LogP contribution < -0.4 is 10.6 Å². The summed E-state index contributed by atoms with van der Waals surface area (Å²) in [6, 6.07) is 0.283. The number of piperidine rings is 1. The van der Waals surface area contributed by atoms with E-state index in [1.165, 1.54) is 0 Å². The third kappa shape index (κ3) is 7.14. The quantitative estimate of drug-likeness (QED) is 0.748. The van der Waals surface area contributed by atoms with E-state index in [-0.39, 0.29) is 36.2 Å². The van der Waals surface area contributed by atoms with Crippen LogP contribution in [0.2, 0.25) is 0 Å². The van der Waals surface area contributed by atoms with Gasteiger partial charge in [-0.25, -0.2) is 0 Å². The number of likely N-dealkylation sites (N-methyl/N-ethyl adjacent to an activating group) is 1. The first-order valence-corrected chi connectivity index (χ1v) is 7.87. The summed E-state index contributed by atoms with van der Waals surface area (Å²) in [6.07, 6.45) is 3.27. The molecule has 1 aliphatic heterocycles. The zero-order valence-electron chi connectivity index (χ0n) is 13.5. The molecule has 21 heavy (non-hydrogen) atoms. The SMILES string of the molecule is CCCC(=O)N1CCCC(C(=O)NC[C@@H](C)NCC)C1.Cl. The van der Waals surface area contributed by atoms with Crippen molar-refractivity contribution in [2.24, 2.45) is 5.92 Å². The number of halogens is 1. The van der Waals surface area contributed by atoms with E-state index >= 15 is 0 Å². The van der Waals surface area contributed by atoms with Crippen molar-refractivity contribution in [1.29, 1.82) is 0 Å². The first-order valence-electron chi connectivity index (χ1n) is 7.87. The first-order chi connectivity index (χ1) is 9.58. The van der Waals surface area contributed by atoms with Crippen molar-refractivity contribution in [3.63, 3.8) is 0 Å². The van der Waals surface area contributed by atoms with Crippen LogP contribution in [-0.4, -0.2) is 48.9 Å². The molecule has 0 radical (unpaired) electrons. The first kappa shape index (κ1) is 20.2. The summed E-state index contributed by atoms with van der Waals surface area (Å²) in [5.41, 5.74) is 0. The number of carbonyl (C=O) groups is 2. The molecule has 5 nitrogen and oxygen atoms in total. The number of carbonyl (C=O) groups excluding carboxylic acids is 2. The number of nitrogens with zero attached hydrogens (tertiary/aromatic N) is 1. The van der Waals surface area contributed by atoms with Gasteiger partial charge < -0.3 is 15.5 Å². The van der Waals surface area contributed by atoms with Crippen LogP contribution in [0.15, 0.2) is 0 Å². The molecule has 0 bridgehead atoms. The maximum Gasteiger partial charge on any atom is 0.224 e. The number of likely N-dealkylation sites (tertiary alicyclic amines) is 1. The Balaban J connectivity index is 0.00000400. The van der Waals surface area contributed by atoms with Gasteiger partial charge in [-0.3, -0.25) is 9.59 Å². The summed E-state index contributed by atoms with van der Waals surface area (Å²) < 4.78 is 0. The monoisotopic (exact) mass is 319 g/mol. The highest BCUT2D eigenvalue weighted by atomic mass is 35.5. The fourth-order valence-corrected chi connectivity index (χ4v) is 2.61. The van der Waals surface area contributed by atoms with Crippen LogP contribution in [0.3, 0.4) is 0 Å². The van der Waals surface area contributed by atoms with E-state index in [2.05, 4.69) is 24.5 Å².